The van der Waals surface area contributed by atoms with Gasteiger partial charge in [0.1, 0.15) is 0 Å². The summed E-state index contributed by atoms with van der Waals surface area (Å²) in [6.07, 6.45) is 4.26. The standard InChI is InChI=1S/C16H24N4O3S/c1-10-5-4-6-11(2)20(10)13-8-7-12(15(21)19-16(17)18)9-14(13)24(3,22)23/h7-11H,4-6H2,1-3H3,(H4,17,18,19,21)/t10-,11+. The molecule has 0 aromatic heterocycles. The van der Waals surface area contributed by atoms with Gasteiger partial charge in [-0.15, -0.1) is 0 Å². The molecule has 7 nitrogen and oxygen atoms in total. The van der Waals surface area contributed by atoms with E-state index in [1.807, 2.05) is 0 Å². The maximum Gasteiger partial charge on any atom is 0.280 e. The van der Waals surface area contributed by atoms with Gasteiger partial charge in [0, 0.05) is 23.9 Å². The predicted octanol–water partition coefficient (Wildman–Crippen LogP) is 1.27. The number of aliphatic imine (C=N–C) groups is 1. The number of hydrogen-bond acceptors (Lipinski definition) is 4. The molecule has 1 aliphatic rings. The Labute approximate surface area is 142 Å². The van der Waals surface area contributed by atoms with Gasteiger partial charge < -0.3 is 16.4 Å². The fourth-order valence-electron chi connectivity index (χ4n) is 3.24. The Hall–Kier alpha value is -2.09. The lowest BCUT2D eigenvalue weighted by Crippen LogP contribution is -2.44. The number of hydrogen-bond donors (Lipinski definition) is 2. The Morgan fingerprint density at radius 2 is 1.79 bits per heavy atom. The summed E-state index contributed by atoms with van der Waals surface area (Å²) in [5, 5.41) is 0. The van der Waals surface area contributed by atoms with E-state index in [4.69, 9.17) is 11.5 Å². The van der Waals surface area contributed by atoms with Gasteiger partial charge in [-0.25, -0.2) is 8.42 Å². The Kier molecular flexibility index (Phi) is 5.17. The van der Waals surface area contributed by atoms with Crippen LogP contribution in [0, 0.1) is 0 Å². The highest BCUT2D eigenvalue weighted by Gasteiger charge is 2.29. The molecule has 2 atom stereocenters. The Morgan fingerprint density at radius 3 is 2.29 bits per heavy atom. The first-order valence-electron chi connectivity index (χ1n) is 7.87. The molecule has 0 saturated carbocycles. The number of guanidine groups is 1. The third-order valence-electron chi connectivity index (χ3n) is 4.31. The Balaban J connectivity index is 2.57. The molecule has 24 heavy (non-hydrogen) atoms. The van der Waals surface area contributed by atoms with Crippen LogP contribution in [0.15, 0.2) is 28.1 Å². The lowest BCUT2D eigenvalue weighted by atomic mass is 9.96. The van der Waals surface area contributed by atoms with Gasteiger partial charge in [0.25, 0.3) is 5.91 Å². The van der Waals surface area contributed by atoms with Crippen LogP contribution in [-0.2, 0) is 9.84 Å². The van der Waals surface area contributed by atoms with Crippen molar-refractivity contribution in [3.8, 4) is 0 Å². The number of nitrogens with zero attached hydrogens (tertiary/aromatic N) is 2. The number of piperidine rings is 1. The van der Waals surface area contributed by atoms with Crippen LogP contribution >= 0.6 is 0 Å². The molecule has 1 fully saturated rings. The molecule has 8 heteroatoms. The molecule has 1 saturated heterocycles. The molecule has 0 bridgehead atoms. The molecule has 1 aromatic rings. The van der Waals surface area contributed by atoms with Gasteiger partial charge in [0.05, 0.1) is 10.6 Å². The van der Waals surface area contributed by atoms with Gasteiger partial charge >= 0.3 is 0 Å². The zero-order chi connectivity index (χ0) is 18.1. The summed E-state index contributed by atoms with van der Waals surface area (Å²) in [4.78, 5) is 17.7. The van der Waals surface area contributed by atoms with E-state index in [1.165, 1.54) is 6.07 Å². The van der Waals surface area contributed by atoms with E-state index in [0.29, 0.717) is 5.69 Å². The maximum atomic E-state index is 12.3. The summed E-state index contributed by atoms with van der Waals surface area (Å²) in [5.74, 6) is -1.02. The van der Waals surface area contributed by atoms with Crippen molar-refractivity contribution in [2.45, 2.75) is 50.1 Å². The van der Waals surface area contributed by atoms with E-state index < -0.39 is 15.7 Å². The van der Waals surface area contributed by atoms with Gasteiger partial charge in [-0.1, -0.05) is 0 Å². The number of sulfone groups is 1. The van der Waals surface area contributed by atoms with Crippen LogP contribution in [0.3, 0.4) is 0 Å². The Bertz CT molecular complexity index is 760. The molecule has 0 radical (unpaired) electrons. The fraction of sp³-hybridized carbons (Fsp3) is 0.500. The van der Waals surface area contributed by atoms with Crippen molar-refractivity contribution >= 4 is 27.4 Å². The highest BCUT2D eigenvalue weighted by Crippen LogP contribution is 2.34. The normalized spacial score (nSPS) is 21.4. The Morgan fingerprint density at radius 1 is 1.21 bits per heavy atom. The van der Waals surface area contributed by atoms with Crippen molar-refractivity contribution in [3.63, 3.8) is 0 Å². The molecule has 2 rings (SSSR count). The van der Waals surface area contributed by atoms with Crippen LogP contribution < -0.4 is 16.4 Å². The molecule has 4 N–H and O–H groups in total. The summed E-state index contributed by atoms with van der Waals surface area (Å²) in [6, 6.07) is 5.05. The van der Waals surface area contributed by atoms with Crippen LogP contribution in [0.2, 0.25) is 0 Å². The highest BCUT2D eigenvalue weighted by molar-refractivity contribution is 7.90. The quantitative estimate of drug-likeness (QED) is 0.624. The van der Waals surface area contributed by atoms with E-state index in [9.17, 15) is 13.2 Å². The minimum atomic E-state index is -3.52. The van der Waals surface area contributed by atoms with Gasteiger partial charge in [-0.2, -0.15) is 4.99 Å². The van der Waals surface area contributed by atoms with Crippen LogP contribution in [0.4, 0.5) is 5.69 Å². The fourth-order valence-corrected chi connectivity index (χ4v) is 4.13. The van der Waals surface area contributed by atoms with Crippen LogP contribution in [0.25, 0.3) is 0 Å². The van der Waals surface area contributed by atoms with Gasteiger partial charge in [0.15, 0.2) is 15.8 Å². The summed E-state index contributed by atoms with van der Waals surface area (Å²) >= 11 is 0. The van der Waals surface area contributed by atoms with Crippen molar-refractivity contribution in [2.24, 2.45) is 16.5 Å². The molecule has 1 aliphatic heterocycles. The molecular weight excluding hydrogens is 328 g/mol. The lowest BCUT2D eigenvalue weighted by Gasteiger charge is -2.41. The molecule has 0 aliphatic carbocycles. The SMILES string of the molecule is C[C@@H]1CCC[C@H](C)N1c1ccc(C(=O)N=C(N)N)cc1S(C)(=O)=O. The average molecular weight is 352 g/mol. The number of rotatable bonds is 3. The van der Waals surface area contributed by atoms with Crippen molar-refractivity contribution in [1.82, 2.24) is 0 Å². The third-order valence-corrected chi connectivity index (χ3v) is 5.43. The number of amides is 1. The smallest absolute Gasteiger partial charge is 0.280 e. The zero-order valence-corrected chi connectivity index (χ0v) is 15.0. The van der Waals surface area contributed by atoms with E-state index in [1.54, 1.807) is 12.1 Å². The minimum absolute atomic E-state index is 0.125. The van der Waals surface area contributed by atoms with E-state index in [0.717, 1.165) is 25.5 Å². The first-order chi connectivity index (χ1) is 11.1. The van der Waals surface area contributed by atoms with Crippen molar-refractivity contribution < 1.29 is 13.2 Å². The summed E-state index contributed by atoms with van der Waals surface area (Å²) < 4.78 is 24.6. The van der Waals surface area contributed by atoms with Crippen LogP contribution in [-0.4, -0.2) is 38.6 Å². The first-order valence-corrected chi connectivity index (χ1v) is 9.77. The largest absolute Gasteiger partial charge is 0.370 e. The van der Waals surface area contributed by atoms with Crippen LogP contribution in [0.1, 0.15) is 43.5 Å². The maximum absolute atomic E-state index is 12.3. The first kappa shape index (κ1) is 18.3. The number of anilines is 1. The van der Waals surface area contributed by atoms with E-state index >= 15 is 0 Å². The second kappa shape index (κ2) is 6.80. The second-order valence-electron chi connectivity index (χ2n) is 6.33. The molecule has 1 aromatic carbocycles. The summed E-state index contributed by atoms with van der Waals surface area (Å²) in [7, 11) is -3.52. The number of carbonyl (C=O) groups is 1. The molecule has 1 amide bonds. The van der Waals surface area contributed by atoms with Gasteiger partial charge in [0.2, 0.25) is 0 Å². The third kappa shape index (κ3) is 3.87. The molecule has 1 heterocycles. The summed E-state index contributed by atoms with van der Waals surface area (Å²) in [5.41, 5.74) is 11.2. The highest BCUT2D eigenvalue weighted by atomic mass is 32.2. The molecule has 132 valence electrons. The average Bonchev–Trinajstić information content (AvgIpc) is 2.45. The molecule has 0 spiro atoms. The van der Waals surface area contributed by atoms with E-state index in [-0.39, 0.29) is 28.5 Å². The number of carbonyl (C=O) groups excluding carboxylic acids is 1. The second-order valence-corrected chi connectivity index (χ2v) is 8.32. The predicted molar refractivity (Wildman–Crippen MR) is 94.9 cm³/mol. The van der Waals surface area contributed by atoms with Crippen LogP contribution in [0.5, 0.6) is 0 Å². The van der Waals surface area contributed by atoms with Gasteiger partial charge in [-0.3, -0.25) is 4.79 Å². The zero-order valence-electron chi connectivity index (χ0n) is 14.2. The monoisotopic (exact) mass is 352 g/mol. The van der Waals surface area contributed by atoms with Crippen molar-refractivity contribution in [1.29, 1.82) is 0 Å². The van der Waals surface area contributed by atoms with E-state index in [2.05, 4.69) is 23.7 Å². The number of benzene rings is 1. The molecule has 0 unspecified atom stereocenters. The lowest BCUT2D eigenvalue weighted by molar-refractivity contribution is 0.100. The minimum Gasteiger partial charge on any atom is -0.370 e. The van der Waals surface area contributed by atoms with Gasteiger partial charge in [-0.05, 0) is 51.3 Å². The topological polar surface area (TPSA) is 119 Å². The van der Waals surface area contributed by atoms with Crippen molar-refractivity contribution in [3.05, 3.63) is 23.8 Å². The molecular formula is C16H24N4O3S. The summed E-state index contributed by atoms with van der Waals surface area (Å²) in [6.45, 7) is 4.17. The number of nitrogens with two attached hydrogens (primary N) is 2. The van der Waals surface area contributed by atoms with Crippen molar-refractivity contribution in [2.75, 3.05) is 11.2 Å².